The molecule has 1 fully saturated rings. The second-order valence-corrected chi connectivity index (χ2v) is 7.18. The van der Waals surface area contributed by atoms with Crippen molar-refractivity contribution in [2.75, 3.05) is 12.3 Å². The molecule has 0 amide bonds. The minimum absolute atomic E-state index is 0.752. The van der Waals surface area contributed by atoms with Crippen molar-refractivity contribution in [2.24, 2.45) is 5.92 Å². The number of aryl methyl sites for hydroxylation is 1. The van der Waals surface area contributed by atoms with Crippen LogP contribution in [0.15, 0.2) is 4.34 Å². The molecule has 1 aliphatic carbocycles. The molecule has 0 aliphatic heterocycles. The summed E-state index contributed by atoms with van der Waals surface area (Å²) in [5.41, 5.74) is 0. The highest BCUT2D eigenvalue weighted by Gasteiger charge is 2.17. The van der Waals surface area contributed by atoms with Gasteiger partial charge in [0.2, 0.25) is 0 Å². The third-order valence-corrected chi connectivity index (χ3v) is 5.42. The summed E-state index contributed by atoms with van der Waals surface area (Å²) in [5.74, 6) is 3.02. The van der Waals surface area contributed by atoms with Gasteiger partial charge in [0.05, 0.1) is 0 Å². The number of nitrogens with one attached hydrogen (secondary N) is 1. The highest BCUT2D eigenvalue weighted by molar-refractivity contribution is 8.00. The van der Waals surface area contributed by atoms with Gasteiger partial charge in [0.1, 0.15) is 5.82 Å². The molecule has 1 aromatic heterocycles. The van der Waals surface area contributed by atoms with Crippen LogP contribution in [0.3, 0.4) is 0 Å². The summed E-state index contributed by atoms with van der Waals surface area (Å²) in [6.45, 7) is 5.56. The Labute approximate surface area is 118 Å². The molecule has 1 aliphatic rings. The quantitative estimate of drug-likeness (QED) is 0.642. The summed E-state index contributed by atoms with van der Waals surface area (Å²) < 4.78 is 5.42. The van der Waals surface area contributed by atoms with Crippen molar-refractivity contribution in [3.05, 3.63) is 5.82 Å². The lowest BCUT2D eigenvalue weighted by Gasteiger charge is -2.26. The van der Waals surface area contributed by atoms with E-state index in [1.807, 2.05) is 11.8 Å². The van der Waals surface area contributed by atoms with Gasteiger partial charge in [-0.25, -0.2) is 4.98 Å². The number of aromatic nitrogens is 2. The van der Waals surface area contributed by atoms with Crippen LogP contribution >= 0.6 is 23.3 Å². The minimum atomic E-state index is 0.752. The summed E-state index contributed by atoms with van der Waals surface area (Å²) >= 11 is 3.36. The van der Waals surface area contributed by atoms with E-state index in [1.165, 1.54) is 37.2 Å². The third-order valence-electron chi connectivity index (χ3n) is 3.54. The van der Waals surface area contributed by atoms with Gasteiger partial charge in [-0.05, 0) is 43.1 Å². The minimum Gasteiger partial charge on any atom is -0.313 e. The molecule has 18 heavy (non-hydrogen) atoms. The summed E-state index contributed by atoms with van der Waals surface area (Å²) in [7, 11) is 0. The Balaban J connectivity index is 1.58. The maximum absolute atomic E-state index is 4.47. The lowest BCUT2D eigenvalue weighted by Crippen LogP contribution is -2.34. The van der Waals surface area contributed by atoms with E-state index < -0.39 is 0 Å². The SMILES string of the molecule is CCc1nsc(SCCNC2CCC(C)CC2)n1. The van der Waals surface area contributed by atoms with E-state index in [2.05, 4.69) is 28.5 Å². The van der Waals surface area contributed by atoms with E-state index in [0.717, 1.165) is 40.8 Å². The molecule has 1 aromatic rings. The molecule has 5 heteroatoms. The number of nitrogens with zero attached hydrogens (tertiary/aromatic N) is 2. The van der Waals surface area contributed by atoms with Crippen molar-refractivity contribution in [3.63, 3.8) is 0 Å². The number of hydrogen-bond acceptors (Lipinski definition) is 5. The van der Waals surface area contributed by atoms with E-state index in [1.54, 1.807) is 0 Å². The molecular formula is C13H23N3S2. The molecule has 2 rings (SSSR count). The van der Waals surface area contributed by atoms with E-state index in [0.29, 0.717) is 0 Å². The number of hydrogen-bond donors (Lipinski definition) is 1. The Kier molecular flexibility index (Phi) is 5.92. The fourth-order valence-corrected chi connectivity index (χ4v) is 3.94. The van der Waals surface area contributed by atoms with E-state index in [-0.39, 0.29) is 0 Å². The summed E-state index contributed by atoms with van der Waals surface area (Å²) in [6.07, 6.45) is 6.42. The molecule has 0 atom stereocenters. The zero-order chi connectivity index (χ0) is 12.8. The molecule has 3 nitrogen and oxygen atoms in total. The first-order valence-corrected chi connectivity index (χ1v) is 8.72. The Morgan fingerprint density at radius 2 is 2.11 bits per heavy atom. The van der Waals surface area contributed by atoms with Gasteiger partial charge in [-0.15, -0.1) is 0 Å². The first-order chi connectivity index (χ1) is 8.78. The lowest BCUT2D eigenvalue weighted by molar-refractivity contribution is 0.312. The molecule has 0 spiro atoms. The van der Waals surface area contributed by atoms with Gasteiger partial charge in [-0.1, -0.05) is 25.6 Å². The van der Waals surface area contributed by atoms with Crippen LogP contribution in [0.25, 0.3) is 0 Å². The molecule has 102 valence electrons. The zero-order valence-corrected chi connectivity index (χ0v) is 12.9. The van der Waals surface area contributed by atoms with Gasteiger partial charge in [0, 0.05) is 24.8 Å². The van der Waals surface area contributed by atoms with Crippen molar-refractivity contribution >= 4 is 23.3 Å². The predicted molar refractivity (Wildman–Crippen MR) is 79.4 cm³/mol. The molecule has 0 bridgehead atoms. The smallest absolute Gasteiger partial charge is 0.170 e. The number of rotatable bonds is 6. The van der Waals surface area contributed by atoms with E-state index in [9.17, 15) is 0 Å². The van der Waals surface area contributed by atoms with Crippen LogP contribution in [0, 0.1) is 5.92 Å². The fraction of sp³-hybridized carbons (Fsp3) is 0.846. The summed E-state index contributed by atoms with van der Waals surface area (Å²) in [4.78, 5) is 4.47. The van der Waals surface area contributed by atoms with Crippen molar-refractivity contribution in [2.45, 2.75) is 56.3 Å². The maximum atomic E-state index is 4.47. The van der Waals surface area contributed by atoms with Crippen LogP contribution in [0.2, 0.25) is 0 Å². The van der Waals surface area contributed by atoms with Crippen LogP contribution in [0.4, 0.5) is 0 Å². The average molecular weight is 285 g/mol. The lowest BCUT2D eigenvalue weighted by atomic mass is 9.87. The first kappa shape index (κ1) is 14.3. The third kappa shape index (κ3) is 4.52. The van der Waals surface area contributed by atoms with E-state index in [4.69, 9.17) is 0 Å². The number of thioether (sulfide) groups is 1. The second-order valence-electron chi connectivity index (χ2n) is 5.09. The molecule has 1 saturated carbocycles. The maximum Gasteiger partial charge on any atom is 0.170 e. The van der Waals surface area contributed by atoms with Crippen molar-refractivity contribution < 1.29 is 0 Å². The molecule has 1 heterocycles. The Morgan fingerprint density at radius 3 is 2.78 bits per heavy atom. The highest BCUT2D eigenvalue weighted by Crippen LogP contribution is 2.24. The monoisotopic (exact) mass is 285 g/mol. The molecule has 0 saturated heterocycles. The van der Waals surface area contributed by atoms with Crippen LogP contribution in [0.5, 0.6) is 0 Å². The standard InChI is InChI=1S/C13H23N3S2/c1-3-12-15-13(18-16-12)17-9-8-14-11-6-4-10(2)5-7-11/h10-11,14H,3-9H2,1-2H3. The first-order valence-electron chi connectivity index (χ1n) is 6.96. The largest absolute Gasteiger partial charge is 0.313 e. The molecule has 0 aromatic carbocycles. The summed E-state index contributed by atoms with van der Waals surface area (Å²) in [5, 5.41) is 3.67. The van der Waals surface area contributed by atoms with Gasteiger partial charge in [0.15, 0.2) is 4.34 Å². The van der Waals surface area contributed by atoms with Gasteiger partial charge in [0.25, 0.3) is 0 Å². The van der Waals surface area contributed by atoms with Gasteiger partial charge < -0.3 is 5.32 Å². The normalized spacial score (nSPS) is 24.3. The van der Waals surface area contributed by atoms with E-state index >= 15 is 0 Å². The Morgan fingerprint density at radius 1 is 1.33 bits per heavy atom. The summed E-state index contributed by atoms with van der Waals surface area (Å²) in [6, 6.07) is 0.752. The fourth-order valence-electron chi connectivity index (χ4n) is 2.31. The van der Waals surface area contributed by atoms with Gasteiger partial charge in [-0.3, -0.25) is 0 Å². The van der Waals surface area contributed by atoms with Gasteiger partial charge in [-0.2, -0.15) is 4.37 Å². The van der Waals surface area contributed by atoms with Crippen LogP contribution < -0.4 is 5.32 Å². The van der Waals surface area contributed by atoms with Crippen LogP contribution in [0.1, 0.15) is 45.4 Å². The van der Waals surface area contributed by atoms with Crippen LogP contribution in [-0.4, -0.2) is 27.7 Å². The molecule has 0 radical (unpaired) electrons. The van der Waals surface area contributed by atoms with Gasteiger partial charge >= 0.3 is 0 Å². The van der Waals surface area contributed by atoms with Crippen molar-refractivity contribution in [1.82, 2.24) is 14.7 Å². The molecular weight excluding hydrogens is 262 g/mol. The highest BCUT2D eigenvalue weighted by atomic mass is 32.2. The Bertz CT molecular complexity index is 346. The molecule has 1 N–H and O–H groups in total. The van der Waals surface area contributed by atoms with Crippen molar-refractivity contribution in [1.29, 1.82) is 0 Å². The van der Waals surface area contributed by atoms with Crippen LogP contribution in [-0.2, 0) is 6.42 Å². The zero-order valence-electron chi connectivity index (χ0n) is 11.3. The van der Waals surface area contributed by atoms with Crippen molar-refractivity contribution in [3.8, 4) is 0 Å². The molecule has 0 unspecified atom stereocenters. The Hall–Kier alpha value is -0.130. The topological polar surface area (TPSA) is 37.8 Å². The predicted octanol–water partition coefficient (Wildman–Crippen LogP) is 3.36. The average Bonchev–Trinajstić information content (AvgIpc) is 2.85. The second kappa shape index (κ2) is 7.46.